The van der Waals surface area contributed by atoms with Crippen LogP contribution < -0.4 is 0 Å². The second kappa shape index (κ2) is 10.2. The number of Topliss-reactive ketones (excluding diaryl/α,β-unsaturated/α-hetero) is 1. The van der Waals surface area contributed by atoms with Gasteiger partial charge in [0.1, 0.15) is 0 Å². The highest BCUT2D eigenvalue weighted by atomic mass is 19.4. The molecule has 0 spiro atoms. The Morgan fingerprint density at radius 1 is 0.861 bits per heavy atom. The zero-order chi connectivity index (χ0) is 25.9. The number of hydrogen-bond donors (Lipinski definition) is 1. The van der Waals surface area contributed by atoms with Gasteiger partial charge in [0.25, 0.3) is 0 Å². The number of carboxylic acid groups (broad SMARTS) is 1. The topological polar surface area (TPSA) is 67.3 Å². The van der Waals surface area contributed by atoms with Crippen molar-refractivity contribution in [3.05, 3.63) is 125 Å². The lowest BCUT2D eigenvalue weighted by molar-refractivity contribution is -0.138. The van der Waals surface area contributed by atoms with Crippen molar-refractivity contribution < 1.29 is 27.9 Å². The molecule has 0 aliphatic rings. The minimum Gasteiger partial charge on any atom is -0.478 e. The molecular weight excluding hydrogens is 467 g/mol. The number of carbonyl (C=O) groups excluding carboxylic acids is 1. The average molecular weight is 489 g/mol. The lowest BCUT2D eigenvalue weighted by Crippen LogP contribution is -2.16. The Bertz CT molecular complexity index is 1390. The molecule has 7 heteroatoms. The molecule has 4 nitrogen and oxygen atoms in total. The molecule has 36 heavy (non-hydrogen) atoms. The lowest BCUT2D eigenvalue weighted by Gasteiger charge is -2.22. The Morgan fingerprint density at radius 3 is 2.06 bits per heavy atom. The van der Waals surface area contributed by atoms with E-state index in [-0.39, 0.29) is 23.3 Å². The molecule has 0 bridgehead atoms. The van der Waals surface area contributed by atoms with Gasteiger partial charge in [-0.05, 0) is 59.5 Å². The number of pyridine rings is 1. The maximum atomic E-state index is 13.9. The molecule has 0 saturated carbocycles. The summed E-state index contributed by atoms with van der Waals surface area (Å²) in [6.45, 7) is 1.74. The Kier molecular flexibility index (Phi) is 7.01. The molecule has 0 amide bonds. The fraction of sp³-hybridized carbons (Fsp3) is 0.138. The number of carbonyl (C=O) groups is 2. The summed E-state index contributed by atoms with van der Waals surface area (Å²) in [7, 11) is 0. The van der Waals surface area contributed by atoms with Crippen molar-refractivity contribution in [2.45, 2.75) is 25.4 Å². The van der Waals surface area contributed by atoms with Crippen LogP contribution in [0.2, 0.25) is 0 Å². The van der Waals surface area contributed by atoms with E-state index in [0.717, 1.165) is 17.2 Å². The van der Waals surface area contributed by atoms with Gasteiger partial charge in [0.15, 0.2) is 5.78 Å². The zero-order valence-electron chi connectivity index (χ0n) is 19.3. The van der Waals surface area contributed by atoms with Crippen LogP contribution in [0.15, 0.2) is 91.1 Å². The van der Waals surface area contributed by atoms with E-state index in [0.29, 0.717) is 16.8 Å². The number of benzene rings is 3. The van der Waals surface area contributed by atoms with Crippen molar-refractivity contribution in [1.82, 2.24) is 4.98 Å². The molecular formula is C29H22F3NO3. The number of ketones is 1. The van der Waals surface area contributed by atoms with Crippen LogP contribution in [0.25, 0.3) is 11.1 Å². The van der Waals surface area contributed by atoms with Crippen molar-refractivity contribution in [2.24, 2.45) is 0 Å². The number of aromatic nitrogens is 1. The number of nitrogens with zero attached hydrogens (tertiary/aromatic N) is 1. The molecule has 0 radical (unpaired) electrons. The van der Waals surface area contributed by atoms with Gasteiger partial charge in [-0.1, -0.05) is 54.6 Å². The van der Waals surface area contributed by atoms with E-state index in [1.54, 1.807) is 55.5 Å². The van der Waals surface area contributed by atoms with Gasteiger partial charge in [-0.25, -0.2) is 4.79 Å². The third-order valence-corrected chi connectivity index (χ3v) is 6.03. The number of rotatable bonds is 7. The van der Waals surface area contributed by atoms with E-state index in [9.17, 15) is 22.8 Å². The summed E-state index contributed by atoms with van der Waals surface area (Å²) in [5.74, 6) is -2.14. The van der Waals surface area contributed by atoms with E-state index < -0.39 is 23.6 Å². The standard InChI is InChI=1S/C29H22F3NO3/c1-18-16-23(14-15-33-18)27(34)17-25(24-4-2-3-5-26(24)29(30,31)32)21-10-6-19(7-11-21)20-8-12-22(13-9-20)28(35)36/h2-16,25H,17H2,1H3,(H,35,36). The molecule has 1 aromatic heterocycles. The third-order valence-electron chi connectivity index (χ3n) is 6.03. The van der Waals surface area contributed by atoms with Crippen molar-refractivity contribution in [3.63, 3.8) is 0 Å². The summed E-state index contributed by atoms with van der Waals surface area (Å²) >= 11 is 0. The summed E-state index contributed by atoms with van der Waals surface area (Å²) in [4.78, 5) is 28.3. The Labute approximate surface area is 206 Å². The number of aromatic carboxylic acids is 1. The first kappa shape index (κ1) is 24.9. The van der Waals surface area contributed by atoms with Crippen LogP contribution >= 0.6 is 0 Å². The molecule has 0 aliphatic carbocycles. The monoisotopic (exact) mass is 489 g/mol. The number of aryl methyl sites for hydroxylation is 1. The van der Waals surface area contributed by atoms with Crippen molar-refractivity contribution in [2.75, 3.05) is 0 Å². The normalized spacial score (nSPS) is 12.2. The number of alkyl halides is 3. The summed E-state index contributed by atoms with van der Waals surface area (Å²) in [5, 5.41) is 9.09. The van der Waals surface area contributed by atoms with E-state index in [1.165, 1.54) is 36.5 Å². The van der Waals surface area contributed by atoms with Crippen LogP contribution in [0.3, 0.4) is 0 Å². The molecule has 3 aromatic carbocycles. The molecule has 1 atom stereocenters. The Balaban J connectivity index is 1.73. The predicted molar refractivity (Wildman–Crippen MR) is 130 cm³/mol. The smallest absolute Gasteiger partial charge is 0.416 e. The van der Waals surface area contributed by atoms with Gasteiger partial charge in [-0.3, -0.25) is 9.78 Å². The highest BCUT2D eigenvalue weighted by Crippen LogP contribution is 2.39. The fourth-order valence-electron chi connectivity index (χ4n) is 4.20. The second-order valence-corrected chi connectivity index (χ2v) is 8.46. The first-order valence-corrected chi connectivity index (χ1v) is 11.2. The lowest BCUT2D eigenvalue weighted by atomic mass is 9.83. The number of hydrogen-bond acceptors (Lipinski definition) is 3. The molecule has 1 unspecified atom stereocenters. The van der Waals surface area contributed by atoms with Crippen LogP contribution in [-0.2, 0) is 6.18 Å². The number of carboxylic acids is 1. The third kappa shape index (κ3) is 5.51. The maximum Gasteiger partial charge on any atom is 0.416 e. The van der Waals surface area contributed by atoms with Gasteiger partial charge < -0.3 is 5.11 Å². The molecule has 0 aliphatic heterocycles. The Morgan fingerprint density at radius 2 is 1.47 bits per heavy atom. The van der Waals surface area contributed by atoms with Crippen molar-refractivity contribution in [1.29, 1.82) is 0 Å². The molecule has 4 aromatic rings. The first-order chi connectivity index (χ1) is 17.1. The summed E-state index contributed by atoms with van der Waals surface area (Å²) < 4.78 is 41.6. The van der Waals surface area contributed by atoms with Crippen molar-refractivity contribution >= 4 is 11.8 Å². The fourth-order valence-corrected chi connectivity index (χ4v) is 4.20. The molecule has 1 heterocycles. The van der Waals surface area contributed by atoms with E-state index in [1.807, 2.05) is 0 Å². The predicted octanol–water partition coefficient (Wildman–Crippen LogP) is 7.18. The summed E-state index contributed by atoms with van der Waals surface area (Å²) in [6, 6.07) is 21.8. The molecule has 0 saturated heterocycles. The second-order valence-electron chi connectivity index (χ2n) is 8.46. The van der Waals surface area contributed by atoms with Crippen LogP contribution in [0.1, 0.15) is 55.4 Å². The van der Waals surface area contributed by atoms with Crippen LogP contribution in [0.4, 0.5) is 13.2 Å². The molecule has 4 rings (SSSR count). The summed E-state index contributed by atoms with van der Waals surface area (Å²) in [5.41, 5.74) is 2.56. The number of halogens is 3. The zero-order valence-corrected chi connectivity index (χ0v) is 19.3. The largest absolute Gasteiger partial charge is 0.478 e. The maximum absolute atomic E-state index is 13.9. The average Bonchev–Trinajstić information content (AvgIpc) is 2.87. The van der Waals surface area contributed by atoms with Crippen molar-refractivity contribution in [3.8, 4) is 11.1 Å². The van der Waals surface area contributed by atoms with Crippen LogP contribution in [-0.4, -0.2) is 21.8 Å². The first-order valence-electron chi connectivity index (χ1n) is 11.2. The molecule has 0 fully saturated rings. The van der Waals surface area contributed by atoms with Gasteiger partial charge in [0.05, 0.1) is 11.1 Å². The van der Waals surface area contributed by atoms with E-state index in [4.69, 9.17) is 5.11 Å². The van der Waals surface area contributed by atoms with Crippen LogP contribution in [0.5, 0.6) is 0 Å². The van der Waals surface area contributed by atoms with Gasteiger partial charge in [0, 0.05) is 29.8 Å². The van der Waals surface area contributed by atoms with Gasteiger partial charge in [-0.15, -0.1) is 0 Å². The van der Waals surface area contributed by atoms with Gasteiger partial charge in [-0.2, -0.15) is 13.2 Å². The SMILES string of the molecule is Cc1cc(C(=O)CC(c2ccc(-c3ccc(C(=O)O)cc3)cc2)c2ccccc2C(F)(F)F)ccn1. The minimum atomic E-state index is -4.57. The molecule has 182 valence electrons. The van der Waals surface area contributed by atoms with Crippen LogP contribution in [0, 0.1) is 6.92 Å². The molecule has 1 N–H and O–H groups in total. The summed E-state index contributed by atoms with van der Waals surface area (Å²) in [6.07, 6.45) is -3.22. The van der Waals surface area contributed by atoms with Gasteiger partial charge in [0.2, 0.25) is 0 Å². The highest BCUT2D eigenvalue weighted by Gasteiger charge is 2.36. The highest BCUT2D eigenvalue weighted by molar-refractivity contribution is 5.97. The minimum absolute atomic E-state index is 0.0303. The Hall–Kier alpha value is -4.26. The quantitative estimate of drug-likeness (QED) is 0.279. The van der Waals surface area contributed by atoms with Gasteiger partial charge >= 0.3 is 12.1 Å². The van der Waals surface area contributed by atoms with E-state index >= 15 is 0 Å². The van der Waals surface area contributed by atoms with E-state index in [2.05, 4.69) is 4.98 Å².